The van der Waals surface area contributed by atoms with Crippen molar-refractivity contribution in [2.45, 2.75) is 25.4 Å². The molecule has 1 aliphatic heterocycles. The molecule has 2 aliphatic rings. The number of halogens is 1. The number of aliphatic hydroxyl groups excluding tert-OH is 1. The summed E-state index contributed by atoms with van der Waals surface area (Å²) in [4.78, 5) is 18.7. The van der Waals surface area contributed by atoms with Crippen LogP contribution in [0.25, 0.3) is 0 Å². The van der Waals surface area contributed by atoms with E-state index in [0.29, 0.717) is 23.0 Å². The molecule has 118 valence electrons. The zero-order chi connectivity index (χ0) is 16.0. The molecule has 0 saturated heterocycles. The van der Waals surface area contributed by atoms with E-state index in [1.807, 2.05) is 12.1 Å². The number of carbonyl (C=O) groups excluding carboxylic acids is 1. The predicted molar refractivity (Wildman–Crippen MR) is 88.8 cm³/mol. The van der Waals surface area contributed by atoms with E-state index in [1.165, 1.54) is 0 Å². The monoisotopic (exact) mass is 328 g/mol. The SMILES string of the molecule is O=C1c2ccc(Cl)cc2CCN1c1cncc(C(O)C2CC2)c1. The molecule has 5 heteroatoms. The quantitative estimate of drug-likeness (QED) is 0.939. The van der Waals surface area contributed by atoms with Gasteiger partial charge in [-0.2, -0.15) is 0 Å². The summed E-state index contributed by atoms with van der Waals surface area (Å²) in [7, 11) is 0. The van der Waals surface area contributed by atoms with E-state index in [1.54, 1.807) is 29.4 Å². The number of aromatic nitrogens is 1. The molecule has 0 radical (unpaired) electrons. The number of rotatable bonds is 3. The van der Waals surface area contributed by atoms with Gasteiger partial charge in [-0.05, 0) is 55.0 Å². The van der Waals surface area contributed by atoms with Crippen LogP contribution in [0.15, 0.2) is 36.7 Å². The van der Waals surface area contributed by atoms with Crippen molar-refractivity contribution in [3.05, 3.63) is 58.4 Å². The number of pyridine rings is 1. The lowest BCUT2D eigenvalue weighted by Gasteiger charge is -2.29. The summed E-state index contributed by atoms with van der Waals surface area (Å²) in [5, 5.41) is 10.9. The Morgan fingerprint density at radius 2 is 2.09 bits per heavy atom. The van der Waals surface area contributed by atoms with Crippen molar-refractivity contribution in [1.82, 2.24) is 4.98 Å². The van der Waals surface area contributed by atoms with Gasteiger partial charge in [-0.15, -0.1) is 0 Å². The van der Waals surface area contributed by atoms with E-state index in [9.17, 15) is 9.90 Å². The van der Waals surface area contributed by atoms with Crippen molar-refractivity contribution in [3.8, 4) is 0 Å². The van der Waals surface area contributed by atoms with Crippen molar-refractivity contribution < 1.29 is 9.90 Å². The topological polar surface area (TPSA) is 53.4 Å². The average molecular weight is 329 g/mol. The number of nitrogens with zero attached hydrogens (tertiary/aromatic N) is 2. The maximum Gasteiger partial charge on any atom is 0.258 e. The van der Waals surface area contributed by atoms with Gasteiger partial charge in [0.2, 0.25) is 0 Å². The Morgan fingerprint density at radius 1 is 1.26 bits per heavy atom. The van der Waals surface area contributed by atoms with Crippen molar-refractivity contribution in [3.63, 3.8) is 0 Å². The van der Waals surface area contributed by atoms with Crippen molar-refractivity contribution in [2.75, 3.05) is 11.4 Å². The van der Waals surface area contributed by atoms with Gasteiger partial charge in [-0.3, -0.25) is 9.78 Å². The number of carbonyl (C=O) groups is 1. The maximum atomic E-state index is 12.7. The molecule has 1 aliphatic carbocycles. The fraction of sp³-hybridized carbons (Fsp3) is 0.333. The summed E-state index contributed by atoms with van der Waals surface area (Å²) in [5.74, 6) is 0.301. The first-order valence-electron chi connectivity index (χ1n) is 7.87. The number of amides is 1. The van der Waals surface area contributed by atoms with Gasteiger partial charge in [-0.25, -0.2) is 0 Å². The summed E-state index contributed by atoms with van der Waals surface area (Å²) in [6, 6.07) is 7.27. The number of hydrogen-bond donors (Lipinski definition) is 1. The Bertz CT molecular complexity index is 773. The molecule has 2 aromatic rings. The zero-order valence-electron chi connectivity index (χ0n) is 12.6. The third kappa shape index (κ3) is 2.73. The summed E-state index contributed by atoms with van der Waals surface area (Å²) >= 11 is 6.01. The molecule has 1 fully saturated rings. The summed E-state index contributed by atoms with van der Waals surface area (Å²) in [6.45, 7) is 0.594. The summed E-state index contributed by atoms with van der Waals surface area (Å²) in [5.41, 5.74) is 3.21. The molecule has 2 heterocycles. The lowest BCUT2D eigenvalue weighted by molar-refractivity contribution is 0.0980. The molecule has 1 saturated carbocycles. The first-order valence-corrected chi connectivity index (χ1v) is 8.24. The standard InChI is InChI=1S/C18H17ClN2O2/c19-14-3-4-16-12(7-14)5-6-21(18(16)23)15-8-13(9-20-10-15)17(22)11-1-2-11/h3-4,7-11,17,22H,1-2,5-6H2. The molecule has 4 rings (SSSR count). The highest BCUT2D eigenvalue weighted by Crippen LogP contribution is 2.41. The summed E-state index contributed by atoms with van der Waals surface area (Å²) < 4.78 is 0. The van der Waals surface area contributed by atoms with E-state index in [0.717, 1.165) is 36.1 Å². The Hall–Kier alpha value is -1.91. The minimum atomic E-state index is -0.478. The van der Waals surface area contributed by atoms with Crippen LogP contribution in [-0.4, -0.2) is 22.5 Å². The fourth-order valence-corrected chi connectivity index (χ4v) is 3.34. The molecule has 1 N–H and O–H groups in total. The van der Waals surface area contributed by atoms with Crippen LogP contribution in [0.1, 0.15) is 40.4 Å². The van der Waals surface area contributed by atoms with Gasteiger partial charge in [-0.1, -0.05) is 11.6 Å². The Labute approximate surface area is 139 Å². The highest BCUT2D eigenvalue weighted by atomic mass is 35.5. The Balaban J connectivity index is 1.65. The van der Waals surface area contributed by atoms with Gasteiger partial charge in [0.05, 0.1) is 18.0 Å². The van der Waals surface area contributed by atoms with E-state index < -0.39 is 6.10 Å². The first kappa shape index (κ1) is 14.7. The molecular formula is C18H17ClN2O2. The van der Waals surface area contributed by atoms with Crippen LogP contribution < -0.4 is 4.90 Å². The molecule has 1 aromatic carbocycles. The second-order valence-electron chi connectivity index (χ2n) is 6.27. The van der Waals surface area contributed by atoms with E-state index in [-0.39, 0.29) is 5.91 Å². The average Bonchev–Trinajstić information content (AvgIpc) is 3.39. The van der Waals surface area contributed by atoms with Gasteiger partial charge in [0, 0.05) is 28.9 Å². The molecule has 1 amide bonds. The van der Waals surface area contributed by atoms with Gasteiger partial charge in [0.25, 0.3) is 5.91 Å². The molecule has 0 bridgehead atoms. The number of hydrogen-bond acceptors (Lipinski definition) is 3. The highest BCUT2D eigenvalue weighted by molar-refractivity contribution is 6.30. The second kappa shape index (κ2) is 5.62. The van der Waals surface area contributed by atoms with E-state index in [2.05, 4.69) is 4.98 Å². The van der Waals surface area contributed by atoms with Gasteiger partial charge < -0.3 is 10.0 Å². The normalized spacial score (nSPS) is 18.7. The van der Waals surface area contributed by atoms with Crippen molar-refractivity contribution in [2.24, 2.45) is 5.92 Å². The lowest BCUT2D eigenvalue weighted by Crippen LogP contribution is -2.37. The fourth-order valence-electron chi connectivity index (χ4n) is 3.14. The Morgan fingerprint density at radius 3 is 2.87 bits per heavy atom. The van der Waals surface area contributed by atoms with Crippen LogP contribution in [0.5, 0.6) is 0 Å². The minimum Gasteiger partial charge on any atom is -0.388 e. The smallest absolute Gasteiger partial charge is 0.258 e. The minimum absolute atomic E-state index is 0.0391. The third-order valence-electron chi connectivity index (χ3n) is 4.61. The van der Waals surface area contributed by atoms with Crippen LogP contribution in [0.3, 0.4) is 0 Å². The lowest BCUT2D eigenvalue weighted by atomic mass is 9.98. The van der Waals surface area contributed by atoms with Gasteiger partial charge in [0.1, 0.15) is 0 Å². The van der Waals surface area contributed by atoms with Crippen LogP contribution in [-0.2, 0) is 6.42 Å². The number of aliphatic hydroxyl groups is 1. The number of fused-ring (bicyclic) bond motifs is 1. The highest BCUT2D eigenvalue weighted by Gasteiger charge is 2.32. The third-order valence-corrected chi connectivity index (χ3v) is 4.85. The van der Waals surface area contributed by atoms with E-state index >= 15 is 0 Å². The molecule has 0 spiro atoms. The largest absolute Gasteiger partial charge is 0.388 e. The number of anilines is 1. The Kier molecular flexibility index (Phi) is 3.58. The zero-order valence-corrected chi connectivity index (χ0v) is 13.3. The predicted octanol–water partition coefficient (Wildman–Crippen LogP) is 3.38. The first-order chi connectivity index (χ1) is 11.1. The summed E-state index contributed by atoms with van der Waals surface area (Å²) in [6.07, 6.45) is 5.77. The number of benzene rings is 1. The molecule has 1 unspecified atom stereocenters. The molecule has 23 heavy (non-hydrogen) atoms. The second-order valence-corrected chi connectivity index (χ2v) is 6.70. The van der Waals surface area contributed by atoms with Crippen LogP contribution in [0.2, 0.25) is 5.02 Å². The van der Waals surface area contributed by atoms with Gasteiger partial charge >= 0.3 is 0 Å². The van der Waals surface area contributed by atoms with Crippen molar-refractivity contribution in [1.29, 1.82) is 0 Å². The molecule has 1 aromatic heterocycles. The van der Waals surface area contributed by atoms with Gasteiger partial charge in [0.15, 0.2) is 0 Å². The van der Waals surface area contributed by atoms with Crippen LogP contribution in [0, 0.1) is 5.92 Å². The van der Waals surface area contributed by atoms with E-state index in [4.69, 9.17) is 11.6 Å². The maximum absolute atomic E-state index is 12.7. The molecule has 4 nitrogen and oxygen atoms in total. The molecule has 1 atom stereocenters. The molecular weight excluding hydrogens is 312 g/mol. The van der Waals surface area contributed by atoms with Crippen LogP contribution in [0.4, 0.5) is 5.69 Å². The van der Waals surface area contributed by atoms with Crippen LogP contribution >= 0.6 is 11.6 Å². The van der Waals surface area contributed by atoms with Crippen molar-refractivity contribution >= 4 is 23.2 Å².